The van der Waals surface area contributed by atoms with Crippen LogP contribution in [0, 0.1) is 16.7 Å². The fraction of sp³-hybridized carbons (Fsp3) is 0.724. The second-order valence-corrected chi connectivity index (χ2v) is 11.9. The number of hydrogen-bond acceptors (Lipinski definition) is 9. The average Bonchev–Trinajstić information content (AvgIpc) is 3.65. The molecule has 3 fully saturated rings. The predicted molar refractivity (Wildman–Crippen MR) is 136 cm³/mol. The van der Waals surface area contributed by atoms with E-state index >= 15 is 0 Å². The molecule has 2 N–H and O–H groups in total. The van der Waals surface area contributed by atoms with E-state index in [9.17, 15) is 19.8 Å². The van der Waals surface area contributed by atoms with Crippen molar-refractivity contribution in [2.75, 3.05) is 19.8 Å². The van der Waals surface area contributed by atoms with E-state index < -0.39 is 58.7 Å². The van der Waals surface area contributed by atoms with E-state index in [1.54, 1.807) is 32.1 Å². The molecule has 5 aliphatic rings. The fourth-order valence-corrected chi connectivity index (χ4v) is 7.04. The standard InChI is InChI=1S/C29H40O9/c1-17-9-11-28-15-35-26(33)25(32)18(2)10-12-34-20(19(3)30)7-5-6-8-24(31)38-21-14-23(37-22(28)13-17)29(16-36-29)27(21,28)4/h5-8,13,18-23,25,30,32H,9-12,14-16H2,1-4H3/b7-5?,8-6-/t18-,19-,20-,21-,22-,23-,25+,27-,28-,29+/m1/s1. The van der Waals surface area contributed by atoms with Crippen LogP contribution >= 0.6 is 0 Å². The third kappa shape index (κ3) is 4.36. The summed E-state index contributed by atoms with van der Waals surface area (Å²) in [5, 5.41) is 20.8. The Balaban J connectivity index is 1.51. The summed E-state index contributed by atoms with van der Waals surface area (Å²) in [6, 6.07) is 0. The Bertz CT molecular complexity index is 1030. The van der Waals surface area contributed by atoms with E-state index in [1.807, 2.05) is 0 Å². The number of rotatable bonds is 1. The maximum atomic E-state index is 13.1. The lowest BCUT2D eigenvalue weighted by Crippen LogP contribution is -2.66. The summed E-state index contributed by atoms with van der Waals surface area (Å²) in [7, 11) is 0. The smallest absolute Gasteiger partial charge is 0.335 e. The normalized spacial score (nSPS) is 47.2. The molecule has 3 aliphatic heterocycles. The molecule has 0 aromatic heterocycles. The molecule has 0 aromatic carbocycles. The Hall–Kier alpha value is -2.04. The average molecular weight is 533 g/mol. The van der Waals surface area contributed by atoms with Crippen LogP contribution < -0.4 is 0 Å². The third-order valence-corrected chi connectivity index (χ3v) is 9.73. The number of aliphatic hydroxyl groups is 2. The van der Waals surface area contributed by atoms with Crippen molar-refractivity contribution >= 4 is 11.9 Å². The maximum absolute atomic E-state index is 13.1. The van der Waals surface area contributed by atoms with Crippen molar-refractivity contribution in [2.24, 2.45) is 16.7 Å². The van der Waals surface area contributed by atoms with Crippen molar-refractivity contribution in [1.29, 1.82) is 0 Å². The number of cyclic esters (lactones) is 1. The van der Waals surface area contributed by atoms with Crippen LogP contribution in [0.5, 0.6) is 0 Å². The summed E-state index contributed by atoms with van der Waals surface area (Å²) < 4.78 is 30.4. The lowest BCUT2D eigenvalue weighted by Gasteiger charge is -2.58. The van der Waals surface area contributed by atoms with Crippen molar-refractivity contribution in [2.45, 2.75) is 95.6 Å². The first-order valence-electron chi connectivity index (χ1n) is 13.7. The van der Waals surface area contributed by atoms with Gasteiger partial charge in [-0.3, -0.25) is 0 Å². The van der Waals surface area contributed by atoms with Crippen molar-refractivity contribution in [3.05, 3.63) is 36.0 Å². The van der Waals surface area contributed by atoms with E-state index in [-0.39, 0.29) is 25.4 Å². The van der Waals surface area contributed by atoms with Gasteiger partial charge >= 0.3 is 11.9 Å². The van der Waals surface area contributed by atoms with E-state index in [0.717, 1.165) is 6.42 Å². The molecule has 0 unspecified atom stereocenters. The quantitative estimate of drug-likeness (QED) is 0.298. The van der Waals surface area contributed by atoms with Crippen LogP contribution in [0.15, 0.2) is 36.0 Å². The summed E-state index contributed by atoms with van der Waals surface area (Å²) >= 11 is 0. The molecule has 9 nitrogen and oxygen atoms in total. The molecule has 0 amide bonds. The summed E-state index contributed by atoms with van der Waals surface area (Å²) in [6.45, 7) is 8.27. The zero-order chi connectivity index (χ0) is 27.3. The first-order valence-corrected chi connectivity index (χ1v) is 13.7. The molecule has 10 atom stereocenters. The van der Waals surface area contributed by atoms with Crippen LogP contribution in [-0.2, 0) is 33.3 Å². The molecule has 0 aromatic rings. The molecular weight excluding hydrogens is 492 g/mol. The minimum atomic E-state index is -1.33. The molecule has 2 spiro atoms. The number of carbonyl (C=O) groups excluding carboxylic acids is 2. The molecule has 3 heterocycles. The van der Waals surface area contributed by atoms with Gasteiger partial charge in [-0.15, -0.1) is 0 Å². The molecular formula is C29H40O9. The van der Waals surface area contributed by atoms with Crippen LogP contribution in [0.25, 0.3) is 0 Å². The van der Waals surface area contributed by atoms with Crippen molar-refractivity contribution < 1.29 is 43.5 Å². The fourth-order valence-electron chi connectivity index (χ4n) is 7.04. The number of hydrogen-bond donors (Lipinski definition) is 2. The van der Waals surface area contributed by atoms with Gasteiger partial charge in [-0.1, -0.05) is 43.7 Å². The zero-order valence-corrected chi connectivity index (χ0v) is 22.6. The van der Waals surface area contributed by atoms with Gasteiger partial charge in [-0.05, 0) is 39.0 Å². The number of allylic oxidation sites excluding steroid dienone is 3. The summed E-state index contributed by atoms with van der Waals surface area (Å²) in [6.07, 6.45) is 6.89. The van der Waals surface area contributed by atoms with E-state index in [0.29, 0.717) is 25.9 Å². The number of aliphatic hydroxyl groups excluding tert-OH is 2. The Morgan fingerprint density at radius 2 is 1.92 bits per heavy atom. The number of ether oxygens (including phenoxy) is 5. The van der Waals surface area contributed by atoms with Gasteiger partial charge in [0.25, 0.3) is 0 Å². The minimum absolute atomic E-state index is 0.0195. The first-order chi connectivity index (χ1) is 18.0. The van der Waals surface area contributed by atoms with Crippen molar-refractivity contribution in [3.8, 4) is 0 Å². The van der Waals surface area contributed by atoms with Gasteiger partial charge in [0.1, 0.15) is 24.4 Å². The van der Waals surface area contributed by atoms with Gasteiger partial charge in [0.05, 0.1) is 30.3 Å². The molecule has 1 saturated carbocycles. The highest BCUT2D eigenvalue weighted by atomic mass is 16.6. The lowest BCUT2D eigenvalue weighted by molar-refractivity contribution is -0.234. The van der Waals surface area contributed by atoms with Crippen LogP contribution in [0.2, 0.25) is 0 Å². The van der Waals surface area contributed by atoms with E-state index in [1.165, 1.54) is 11.6 Å². The van der Waals surface area contributed by atoms with Crippen LogP contribution in [-0.4, -0.2) is 84.2 Å². The number of carbonyl (C=O) groups is 2. The summed E-state index contributed by atoms with van der Waals surface area (Å²) in [5.74, 6) is -1.60. The Morgan fingerprint density at radius 1 is 1.16 bits per heavy atom. The largest absolute Gasteiger partial charge is 0.463 e. The SMILES string of the molecule is CC1=C[C@H]2O[C@@H]3C[C@H]4OC(=O)/C=C\C=C[C@H]([C@@H](C)O)OCC[C@@H](C)[C@H](O)C(=O)OC[C@@]2(CC1)[C@]4(C)[C@]31CO1. The number of epoxide rings is 1. The van der Waals surface area contributed by atoms with Gasteiger partial charge in [0.15, 0.2) is 6.10 Å². The second-order valence-electron chi connectivity index (χ2n) is 11.9. The van der Waals surface area contributed by atoms with Gasteiger partial charge < -0.3 is 33.9 Å². The van der Waals surface area contributed by atoms with Gasteiger partial charge in [-0.2, -0.15) is 0 Å². The Morgan fingerprint density at radius 3 is 2.63 bits per heavy atom. The summed E-state index contributed by atoms with van der Waals surface area (Å²) in [5.41, 5.74) is -0.771. The molecule has 2 aliphatic carbocycles. The van der Waals surface area contributed by atoms with Crippen LogP contribution in [0.3, 0.4) is 0 Å². The predicted octanol–water partition coefficient (Wildman–Crippen LogP) is 2.39. The molecule has 2 saturated heterocycles. The molecule has 38 heavy (non-hydrogen) atoms. The molecule has 2 bridgehead atoms. The van der Waals surface area contributed by atoms with Gasteiger partial charge in [0.2, 0.25) is 0 Å². The summed E-state index contributed by atoms with van der Waals surface area (Å²) in [4.78, 5) is 26.0. The highest BCUT2D eigenvalue weighted by molar-refractivity contribution is 5.82. The Kier molecular flexibility index (Phi) is 7.37. The van der Waals surface area contributed by atoms with Crippen LogP contribution in [0.4, 0.5) is 0 Å². The highest BCUT2D eigenvalue weighted by Crippen LogP contribution is 2.72. The second kappa shape index (κ2) is 10.2. The van der Waals surface area contributed by atoms with Crippen molar-refractivity contribution in [3.63, 3.8) is 0 Å². The minimum Gasteiger partial charge on any atom is -0.463 e. The molecule has 0 radical (unpaired) electrons. The van der Waals surface area contributed by atoms with E-state index in [2.05, 4.69) is 19.9 Å². The van der Waals surface area contributed by atoms with E-state index in [4.69, 9.17) is 23.7 Å². The number of esters is 2. The zero-order valence-electron chi connectivity index (χ0n) is 22.6. The third-order valence-electron chi connectivity index (χ3n) is 9.73. The topological polar surface area (TPSA) is 124 Å². The maximum Gasteiger partial charge on any atom is 0.335 e. The lowest BCUT2D eigenvalue weighted by atomic mass is 9.51. The molecule has 9 heteroatoms. The van der Waals surface area contributed by atoms with Gasteiger partial charge in [-0.25, -0.2) is 9.59 Å². The molecule has 210 valence electrons. The molecule has 5 rings (SSSR count). The van der Waals surface area contributed by atoms with Crippen molar-refractivity contribution in [1.82, 2.24) is 0 Å². The van der Waals surface area contributed by atoms with Crippen LogP contribution in [0.1, 0.15) is 53.4 Å². The Labute approximate surface area is 223 Å². The highest BCUT2D eigenvalue weighted by Gasteiger charge is 2.83. The monoisotopic (exact) mass is 532 g/mol. The van der Waals surface area contributed by atoms with Gasteiger partial charge in [0, 0.05) is 24.5 Å². The first kappa shape index (κ1) is 27.5.